The van der Waals surface area contributed by atoms with Crippen LogP contribution in [0.15, 0.2) is 66.9 Å². The Hall–Kier alpha value is -2.41. The fraction of sp³-hybridized carbons (Fsp3) is 0.105. The van der Waals surface area contributed by atoms with Gasteiger partial charge in [-0.1, -0.05) is 54.5 Å². The Morgan fingerprint density at radius 2 is 1.64 bits per heavy atom. The summed E-state index contributed by atoms with van der Waals surface area (Å²) in [6, 6.07) is 19.5. The van der Waals surface area contributed by atoms with Crippen molar-refractivity contribution in [1.29, 1.82) is 0 Å². The van der Waals surface area contributed by atoms with Gasteiger partial charge in [-0.25, -0.2) is 4.98 Å². The van der Waals surface area contributed by atoms with Crippen LogP contribution in [0.3, 0.4) is 0 Å². The molecule has 0 radical (unpaired) electrons. The monoisotopic (exact) mass is 305 g/mol. The molecule has 0 aliphatic rings. The van der Waals surface area contributed by atoms with Gasteiger partial charge in [-0.3, -0.25) is 0 Å². The van der Waals surface area contributed by atoms with E-state index in [1.54, 1.807) is 6.20 Å². The van der Waals surface area contributed by atoms with Crippen LogP contribution in [0.25, 0.3) is 0 Å². The third-order valence-electron chi connectivity index (χ3n) is 3.22. The van der Waals surface area contributed by atoms with E-state index in [2.05, 4.69) is 16.8 Å². The molecule has 22 heavy (non-hydrogen) atoms. The number of hydrogen-bond donors (Lipinski definition) is 1. The summed E-state index contributed by atoms with van der Waals surface area (Å²) in [6.45, 7) is 0. The lowest BCUT2D eigenvalue weighted by atomic mass is 10.1. The maximum Gasteiger partial charge on any atom is 0.167 e. The van der Waals surface area contributed by atoms with E-state index >= 15 is 0 Å². The second-order valence-electron chi connectivity index (χ2n) is 4.88. The molecule has 1 unspecified atom stereocenters. The first-order valence-corrected chi connectivity index (χ1v) is 7.88. The van der Waals surface area contributed by atoms with Gasteiger partial charge in [-0.15, -0.1) is 11.3 Å². The molecule has 0 amide bonds. The molecule has 2 nitrogen and oxygen atoms in total. The molecule has 108 valence electrons. The van der Waals surface area contributed by atoms with Crippen LogP contribution >= 0.6 is 11.3 Å². The number of aromatic nitrogens is 1. The number of rotatable bonds is 3. The van der Waals surface area contributed by atoms with Crippen LogP contribution < -0.4 is 0 Å². The second kappa shape index (κ2) is 7.04. The minimum atomic E-state index is -0.503. The quantitative estimate of drug-likeness (QED) is 0.746. The fourth-order valence-electron chi connectivity index (χ4n) is 2.09. The lowest BCUT2D eigenvalue weighted by molar-refractivity contribution is 0.179. The van der Waals surface area contributed by atoms with E-state index < -0.39 is 6.10 Å². The van der Waals surface area contributed by atoms with E-state index in [-0.39, 0.29) is 0 Å². The molecule has 3 heteroatoms. The second-order valence-corrected chi connectivity index (χ2v) is 5.99. The van der Waals surface area contributed by atoms with Crippen molar-refractivity contribution in [2.45, 2.75) is 12.5 Å². The van der Waals surface area contributed by atoms with Gasteiger partial charge in [-0.05, 0) is 23.6 Å². The van der Waals surface area contributed by atoms with Gasteiger partial charge in [0.15, 0.2) is 5.01 Å². The van der Waals surface area contributed by atoms with E-state index in [9.17, 15) is 5.11 Å². The first kappa shape index (κ1) is 14.5. The van der Waals surface area contributed by atoms with E-state index in [4.69, 9.17) is 0 Å². The standard InChI is InChI=1S/C19H15NOS/c21-18(16-9-5-2-6-10-16)13-17-14-20-19(22-17)12-11-15-7-3-1-4-8-15/h1-10,14,18,21H,13H2. The molecule has 0 aliphatic heterocycles. The lowest BCUT2D eigenvalue weighted by Gasteiger charge is -2.08. The van der Waals surface area contributed by atoms with E-state index in [1.165, 1.54) is 11.3 Å². The van der Waals surface area contributed by atoms with Crippen LogP contribution in [0, 0.1) is 11.8 Å². The molecular weight excluding hydrogens is 290 g/mol. The van der Waals surface area contributed by atoms with Crippen LogP contribution in [0.4, 0.5) is 0 Å². The Morgan fingerprint density at radius 3 is 2.36 bits per heavy atom. The van der Waals surface area contributed by atoms with Crippen molar-refractivity contribution < 1.29 is 5.11 Å². The summed E-state index contributed by atoms with van der Waals surface area (Å²) in [5.41, 5.74) is 1.90. The van der Waals surface area contributed by atoms with Crippen LogP contribution in [0.5, 0.6) is 0 Å². The molecule has 3 rings (SSSR count). The Kier molecular flexibility index (Phi) is 4.65. The molecule has 0 fully saturated rings. The largest absolute Gasteiger partial charge is 0.388 e. The first-order chi connectivity index (χ1) is 10.8. The van der Waals surface area contributed by atoms with Gasteiger partial charge in [0.1, 0.15) is 0 Å². The van der Waals surface area contributed by atoms with Crippen molar-refractivity contribution in [2.75, 3.05) is 0 Å². The van der Waals surface area contributed by atoms with Crippen molar-refractivity contribution in [1.82, 2.24) is 4.98 Å². The molecule has 0 saturated carbocycles. The van der Waals surface area contributed by atoms with E-state index in [1.807, 2.05) is 60.7 Å². The Labute approximate surface area is 134 Å². The smallest absolute Gasteiger partial charge is 0.167 e. The highest BCUT2D eigenvalue weighted by Gasteiger charge is 2.10. The maximum absolute atomic E-state index is 10.2. The summed E-state index contributed by atoms with van der Waals surface area (Å²) in [5.74, 6) is 6.16. The summed E-state index contributed by atoms with van der Waals surface area (Å²) in [5, 5.41) is 11.0. The van der Waals surface area contributed by atoms with Gasteiger partial charge in [0.25, 0.3) is 0 Å². The summed E-state index contributed by atoms with van der Waals surface area (Å²) in [6.07, 6.45) is 1.86. The van der Waals surface area contributed by atoms with Crippen LogP contribution in [0.2, 0.25) is 0 Å². The molecule has 1 N–H and O–H groups in total. The minimum absolute atomic E-state index is 0.503. The average molecular weight is 305 g/mol. The molecular formula is C19H15NOS. The van der Waals surface area contributed by atoms with Gasteiger partial charge < -0.3 is 5.11 Å². The predicted molar refractivity (Wildman–Crippen MR) is 89.6 cm³/mol. The van der Waals surface area contributed by atoms with Crippen LogP contribution in [-0.4, -0.2) is 10.1 Å². The lowest BCUT2D eigenvalue weighted by Crippen LogP contribution is -1.99. The molecule has 1 heterocycles. The molecule has 0 bridgehead atoms. The predicted octanol–water partition coefficient (Wildman–Crippen LogP) is 3.82. The minimum Gasteiger partial charge on any atom is -0.388 e. The summed E-state index contributed by atoms with van der Waals surface area (Å²) < 4.78 is 0. The molecule has 2 aromatic carbocycles. The van der Waals surface area contributed by atoms with Crippen LogP contribution in [-0.2, 0) is 6.42 Å². The maximum atomic E-state index is 10.2. The van der Waals surface area contributed by atoms with E-state index in [0.717, 1.165) is 21.0 Å². The van der Waals surface area contributed by atoms with Gasteiger partial charge in [0.05, 0.1) is 6.10 Å². The van der Waals surface area contributed by atoms with Gasteiger partial charge in [0, 0.05) is 23.1 Å². The third-order valence-corrected chi connectivity index (χ3v) is 4.16. The van der Waals surface area contributed by atoms with Crippen molar-refractivity contribution in [2.24, 2.45) is 0 Å². The number of aliphatic hydroxyl groups is 1. The summed E-state index contributed by atoms with van der Waals surface area (Å²) in [7, 11) is 0. The number of benzene rings is 2. The normalized spacial score (nSPS) is 11.5. The van der Waals surface area contributed by atoms with Gasteiger partial charge >= 0.3 is 0 Å². The Bertz CT molecular complexity index is 784. The fourth-order valence-corrected chi connectivity index (χ4v) is 2.89. The SMILES string of the molecule is OC(Cc1cnc(C#Cc2ccccc2)s1)c1ccccc1. The zero-order valence-corrected chi connectivity index (χ0v) is 12.8. The van der Waals surface area contributed by atoms with Crippen LogP contribution in [0.1, 0.15) is 27.1 Å². The average Bonchev–Trinajstić information content (AvgIpc) is 3.02. The number of aliphatic hydroxyl groups excluding tert-OH is 1. The Morgan fingerprint density at radius 1 is 0.955 bits per heavy atom. The van der Waals surface area contributed by atoms with Gasteiger partial charge in [0.2, 0.25) is 0 Å². The first-order valence-electron chi connectivity index (χ1n) is 7.06. The highest BCUT2D eigenvalue weighted by molar-refractivity contribution is 7.12. The highest BCUT2D eigenvalue weighted by atomic mass is 32.1. The van der Waals surface area contributed by atoms with E-state index in [0.29, 0.717) is 6.42 Å². The van der Waals surface area contributed by atoms with Gasteiger partial charge in [-0.2, -0.15) is 0 Å². The number of thiazole rings is 1. The Balaban J connectivity index is 1.68. The molecule has 0 aliphatic carbocycles. The highest BCUT2D eigenvalue weighted by Crippen LogP contribution is 2.21. The van der Waals surface area contributed by atoms with Crippen molar-refractivity contribution in [3.63, 3.8) is 0 Å². The van der Waals surface area contributed by atoms with Crippen molar-refractivity contribution >= 4 is 11.3 Å². The molecule has 3 aromatic rings. The molecule has 1 atom stereocenters. The zero-order chi connectivity index (χ0) is 15.2. The summed E-state index contributed by atoms with van der Waals surface area (Å²) >= 11 is 1.53. The topological polar surface area (TPSA) is 33.1 Å². The zero-order valence-electron chi connectivity index (χ0n) is 11.9. The molecule has 0 saturated heterocycles. The van der Waals surface area contributed by atoms with Crippen molar-refractivity contribution in [3.05, 3.63) is 87.9 Å². The number of hydrogen-bond acceptors (Lipinski definition) is 3. The van der Waals surface area contributed by atoms with Crippen molar-refractivity contribution in [3.8, 4) is 11.8 Å². The molecule has 0 spiro atoms. The summed E-state index contributed by atoms with van der Waals surface area (Å²) in [4.78, 5) is 5.35. The number of nitrogens with zero attached hydrogens (tertiary/aromatic N) is 1. The molecule has 1 aromatic heterocycles. The third kappa shape index (κ3) is 3.82.